The quantitative estimate of drug-likeness (QED) is 0.592. The third-order valence-electron chi connectivity index (χ3n) is 1.87. The first-order valence-corrected chi connectivity index (χ1v) is 4.30. The molecule has 5 nitrogen and oxygen atoms in total. The molecule has 0 unspecified atom stereocenters. The molecule has 0 aromatic heterocycles. The lowest BCUT2D eigenvalue weighted by Gasteiger charge is -2.03. The number of carboxylic acid groups (broad SMARTS) is 1. The molecule has 0 aliphatic carbocycles. The number of carbonyl (C=O) groups is 1. The van der Waals surface area contributed by atoms with Gasteiger partial charge >= 0.3 is 5.97 Å². The molecule has 16 heavy (non-hydrogen) atoms. The van der Waals surface area contributed by atoms with Crippen LogP contribution in [0.25, 0.3) is 6.08 Å². The monoisotopic (exact) mass is 219 g/mol. The molecule has 0 radical (unpaired) electrons. The van der Waals surface area contributed by atoms with Crippen molar-refractivity contribution in [2.75, 3.05) is 7.11 Å². The average Bonchev–Trinajstić information content (AvgIpc) is 2.27. The smallest absolute Gasteiger partial charge is 0.346 e. The number of ether oxygens (including phenoxy) is 1. The van der Waals surface area contributed by atoms with Gasteiger partial charge in [-0.1, -0.05) is 6.07 Å². The van der Waals surface area contributed by atoms with Gasteiger partial charge in [-0.25, -0.2) is 4.79 Å². The predicted molar refractivity (Wildman–Crippen MR) is 55.9 cm³/mol. The van der Waals surface area contributed by atoms with Gasteiger partial charge < -0.3 is 14.9 Å². The number of phenolic OH excluding ortho intramolecular Hbond substituents is 1. The fourth-order valence-corrected chi connectivity index (χ4v) is 1.09. The van der Waals surface area contributed by atoms with E-state index in [0.29, 0.717) is 5.56 Å². The molecule has 0 saturated carbocycles. The molecule has 1 rings (SSSR count). The molecule has 0 aliphatic rings. The molecule has 0 aliphatic heterocycles. The Hall–Kier alpha value is -2.48. The van der Waals surface area contributed by atoms with Crippen LogP contribution in [0.5, 0.6) is 11.5 Å². The van der Waals surface area contributed by atoms with E-state index in [-0.39, 0.29) is 17.1 Å². The summed E-state index contributed by atoms with van der Waals surface area (Å²) < 4.78 is 4.85. The number of aliphatic carboxylic acids is 1. The van der Waals surface area contributed by atoms with Crippen molar-refractivity contribution in [3.05, 3.63) is 29.3 Å². The number of nitriles is 1. The first-order chi connectivity index (χ1) is 7.58. The topological polar surface area (TPSA) is 90.5 Å². The van der Waals surface area contributed by atoms with Gasteiger partial charge in [-0.2, -0.15) is 5.26 Å². The molecule has 0 heterocycles. The highest BCUT2D eigenvalue weighted by Crippen LogP contribution is 2.27. The van der Waals surface area contributed by atoms with Crippen LogP contribution in [-0.4, -0.2) is 23.3 Å². The summed E-state index contributed by atoms with van der Waals surface area (Å²) in [5.41, 5.74) is 0.0846. The van der Waals surface area contributed by atoms with Crippen LogP contribution >= 0.6 is 0 Å². The Morgan fingerprint density at radius 2 is 2.25 bits per heavy atom. The van der Waals surface area contributed by atoms with Crippen LogP contribution in [0, 0.1) is 11.3 Å². The van der Waals surface area contributed by atoms with Crippen LogP contribution in [0.1, 0.15) is 5.56 Å². The fraction of sp³-hybridized carbons (Fsp3) is 0.0909. The van der Waals surface area contributed by atoms with Crippen LogP contribution in [0.15, 0.2) is 23.8 Å². The van der Waals surface area contributed by atoms with Crippen molar-refractivity contribution in [3.8, 4) is 17.6 Å². The second-order valence-corrected chi connectivity index (χ2v) is 2.91. The number of phenols is 1. The predicted octanol–water partition coefficient (Wildman–Crippen LogP) is 1.39. The Morgan fingerprint density at radius 1 is 1.56 bits per heavy atom. The van der Waals surface area contributed by atoms with Crippen molar-refractivity contribution in [2.24, 2.45) is 0 Å². The number of hydrogen-bond acceptors (Lipinski definition) is 4. The summed E-state index contributed by atoms with van der Waals surface area (Å²) >= 11 is 0. The molecule has 2 N–H and O–H groups in total. The van der Waals surface area contributed by atoms with Gasteiger partial charge in [0.05, 0.1) is 7.11 Å². The van der Waals surface area contributed by atoms with Gasteiger partial charge in [0.25, 0.3) is 0 Å². The second kappa shape index (κ2) is 4.84. The van der Waals surface area contributed by atoms with Gasteiger partial charge in [-0.3, -0.25) is 0 Å². The number of hydrogen-bond donors (Lipinski definition) is 2. The third kappa shape index (κ3) is 2.51. The van der Waals surface area contributed by atoms with Crippen LogP contribution in [0.3, 0.4) is 0 Å². The highest BCUT2D eigenvalue weighted by atomic mass is 16.5. The molecule has 5 heteroatoms. The summed E-state index contributed by atoms with van der Waals surface area (Å²) in [5.74, 6) is -1.13. The van der Waals surface area contributed by atoms with Gasteiger partial charge in [-0.05, 0) is 23.8 Å². The molecule has 0 fully saturated rings. The summed E-state index contributed by atoms with van der Waals surface area (Å²) in [4.78, 5) is 10.6. The molecule has 0 bridgehead atoms. The maximum absolute atomic E-state index is 10.6. The summed E-state index contributed by atoms with van der Waals surface area (Å²) in [6.45, 7) is 0. The van der Waals surface area contributed by atoms with E-state index in [4.69, 9.17) is 15.1 Å². The van der Waals surface area contributed by atoms with Crippen molar-refractivity contribution in [1.82, 2.24) is 0 Å². The second-order valence-electron chi connectivity index (χ2n) is 2.91. The fourth-order valence-electron chi connectivity index (χ4n) is 1.09. The highest BCUT2D eigenvalue weighted by Gasteiger charge is 2.07. The zero-order valence-corrected chi connectivity index (χ0v) is 8.47. The number of carboxylic acids is 1. The normalized spacial score (nSPS) is 10.6. The zero-order valence-electron chi connectivity index (χ0n) is 8.47. The average molecular weight is 219 g/mol. The Balaban J connectivity index is 3.16. The lowest BCUT2D eigenvalue weighted by atomic mass is 10.1. The van der Waals surface area contributed by atoms with Crippen LogP contribution in [0.2, 0.25) is 0 Å². The van der Waals surface area contributed by atoms with E-state index >= 15 is 0 Å². The van der Waals surface area contributed by atoms with Gasteiger partial charge in [-0.15, -0.1) is 0 Å². The van der Waals surface area contributed by atoms with Crippen molar-refractivity contribution < 1.29 is 19.7 Å². The molecular formula is C11H9NO4. The number of rotatable bonds is 3. The Morgan fingerprint density at radius 3 is 2.75 bits per heavy atom. The van der Waals surface area contributed by atoms with E-state index in [2.05, 4.69) is 0 Å². The maximum atomic E-state index is 10.6. The van der Waals surface area contributed by atoms with Crippen molar-refractivity contribution in [1.29, 1.82) is 5.26 Å². The summed E-state index contributed by atoms with van der Waals surface area (Å²) in [6.07, 6.45) is 1.20. The van der Waals surface area contributed by atoms with E-state index < -0.39 is 5.97 Å². The summed E-state index contributed by atoms with van der Waals surface area (Å²) in [7, 11) is 1.38. The van der Waals surface area contributed by atoms with Crippen LogP contribution in [-0.2, 0) is 4.79 Å². The van der Waals surface area contributed by atoms with Crippen molar-refractivity contribution in [3.63, 3.8) is 0 Å². The zero-order chi connectivity index (χ0) is 12.1. The summed E-state index contributed by atoms with van der Waals surface area (Å²) in [6, 6.07) is 5.85. The largest absolute Gasteiger partial charge is 0.504 e. The standard InChI is InChI=1S/C11H9NO4/c1-16-10-5-7(2-3-9(10)13)4-8(6-12)11(14)15/h2-5,13H,1H3,(H,14,15). The molecule has 0 atom stereocenters. The molecular weight excluding hydrogens is 210 g/mol. The lowest BCUT2D eigenvalue weighted by Crippen LogP contribution is -1.97. The molecule has 1 aromatic carbocycles. The maximum Gasteiger partial charge on any atom is 0.346 e. The van der Waals surface area contributed by atoms with Gasteiger partial charge in [0, 0.05) is 0 Å². The van der Waals surface area contributed by atoms with Gasteiger partial charge in [0.15, 0.2) is 11.5 Å². The SMILES string of the molecule is COc1cc(C=C(C#N)C(=O)O)ccc1O. The van der Waals surface area contributed by atoms with Gasteiger partial charge in [0.1, 0.15) is 11.6 Å². The van der Waals surface area contributed by atoms with Gasteiger partial charge in [0.2, 0.25) is 0 Å². The number of nitrogens with zero attached hydrogens (tertiary/aromatic N) is 1. The summed E-state index contributed by atoms with van der Waals surface area (Å²) in [5, 5.41) is 26.5. The number of methoxy groups -OCH3 is 1. The Labute approximate surface area is 91.8 Å². The minimum absolute atomic E-state index is 0.0477. The third-order valence-corrected chi connectivity index (χ3v) is 1.87. The molecule has 0 saturated heterocycles. The number of benzene rings is 1. The van der Waals surface area contributed by atoms with Crippen LogP contribution < -0.4 is 4.74 Å². The van der Waals surface area contributed by atoms with Crippen molar-refractivity contribution in [2.45, 2.75) is 0 Å². The van der Waals surface area contributed by atoms with E-state index in [1.807, 2.05) is 0 Å². The minimum atomic E-state index is -1.30. The Bertz CT molecular complexity index is 485. The molecule has 0 amide bonds. The lowest BCUT2D eigenvalue weighted by molar-refractivity contribution is -0.132. The number of aromatic hydroxyl groups is 1. The van der Waals surface area contributed by atoms with Crippen LogP contribution in [0.4, 0.5) is 0 Å². The highest BCUT2D eigenvalue weighted by molar-refractivity contribution is 5.96. The minimum Gasteiger partial charge on any atom is -0.504 e. The first-order valence-electron chi connectivity index (χ1n) is 4.30. The van der Waals surface area contributed by atoms with E-state index in [9.17, 15) is 9.90 Å². The molecule has 1 aromatic rings. The molecule has 82 valence electrons. The molecule has 0 spiro atoms. The van der Waals surface area contributed by atoms with Crippen molar-refractivity contribution >= 4 is 12.0 Å². The Kier molecular flexibility index (Phi) is 3.51. The first kappa shape index (κ1) is 11.6. The van der Waals surface area contributed by atoms with E-state index in [1.54, 1.807) is 6.07 Å². The van der Waals surface area contributed by atoms with E-state index in [1.165, 1.54) is 31.4 Å². The van der Waals surface area contributed by atoms with E-state index in [0.717, 1.165) is 0 Å².